The van der Waals surface area contributed by atoms with Crippen LogP contribution in [-0.2, 0) is 9.63 Å². The summed E-state index contributed by atoms with van der Waals surface area (Å²) in [7, 11) is 1.20. The molecule has 0 radical (unpaired) electrons. The van der Waals surface area contributed by atoms with E-state index in [1.54, 1.807) is 0 Å². The molecule has 6 nitrogen and oxygen atoms in total. The molecule has 0 saturated carbocycles. The Kier molecular flexibility index (Phi) is 26.6. The van der Waals surface area contributed by atoms with E-state index >= 15 is 0 Å². The Morgan fingerprint density at radius 2 is 1.68 bits per heavy atom. The SMILES string of the molecule is CCC.CCCCCN(CC)C(=O)CN.CON=O. The van der Waals surface area contributed by atoms with Gasteiger partial charge in [0.1, 0.15) is 7.11 Å². The minimum atomic E-state index is 0.0635. The van der Waals surface area contributed by atoms with Gasteiger partial charge in [-0.3, -0.25) is 4.79 Å². The third-order valence-corrected chi connectivity index (χ3v) is 2.02. The molecule has 0 atom stereocenters. The number of carbonyl (C=O) groups excluding carboxylic acids is 1. The molecule has 0 rings (SSSR count). The summed E-state index contributed by atoms with van der Waals surface area (Å²) in [5.41, 5.74) is 5.26. The normalized spacial score (nSPS) is 8.32. The number of nitrogens with two attached hydrogens (primary N) is 1. The van der Waals surface area contributed by atoms with Gasteiger partial charge in [-0.2, -0.15) is 0 Å². The molecule has 0 aromatic carbocycles. The lowest BCUT2D eigenvalue weighted by molar-refractivity contribution is -0.129. The molecule has 116 valence electrons. The van der Waals surface area contributed by atoms with Crippen LogP contribution in [0.25, 0.3) is 0 Å². The van der Waals surface area contributed by atoms with E-state index in [0.29, 0.717) is 0 Å². The second-order valence-electron chi connectivity index (χ2n) is 3.85. The summed E-state index contributed by atoms with van der Waals surface area (Å²) in [4.78, 5) is 25.3. The van der Waals surface area contributed by atoms with E-state index in [0.717, 1.165) is 19.5 Å². The van der Waals surface area contributed by atoms with Crippen LogP contribution in [-0.4, -0.2) is 37.6 Å². The van der Waals surface area contributed by atoms with Gasteiger partial charge in [0.05, 0.1) is 6.54 Å². The van der Waals surface area contributed by atoms with Crippen molar-refractivity contribution in [3.8, 4) is 0 Å². The van der Waals surface area contributed by atoms with Crippen LogP contribution in [0.4, 0.5) is 0 Å². The predicted molar refractivity (Wildman–Crippen MR) is 79.6 cm³/mol. The maximum Gasteiger partial charge on any atom is 0.236 e. The fourth-order valence-corrected chi connectivity index (χ4v) is 1.14. The van der Waals surface area contributed by atoms with Gasteiger partial charge < -0.3 is 15.5 Å². The van der Waals surface area contributed by atoms with Crippen molar-refractivity contribution < 1.29 is 9.63 Å². The highest BCUT2D eigenvalue weighted by Gasteiger charge is 2.07. The van der Waals surface area contributed by atoms with Crippen molar-refractivity contribution in [2.24, 2.45) is 11.1 Å². The average molecular weight is 277 g/mol. The van der Waals surface area contributed by atoms with Crippen molar-refractivity contribution in [2.75, 3.05) is 26.7 Å². The topological polar surface area (TPSA) is 85.0 Å². The van der Waals surface area contributed by atoms with Gasteiger partial charge in [0.15, 0.2) is 5.34 Å². The number of amides is 1. The van der Waals surface area contributed by atoms with E-state index < -0.39 is 0 Å². The van der Waals surface area contributed by atoms with Crippen LogP contribution in [0.15, 0.2) is 5.34 Å². The standard InChI is InChI=1S/C9H20N2O.C3H8.CH3NO2/c1-3-5-6-7-11(4-2)9(12)8-10;1-3-2;1-4-2-3/h3-8,10H2,1-2H3;3H2,1-2H3;1H3. The van der Waals surface area contributed by atoms with Gasteiger partial charge in [-0.25, -0.2) is 0 Å². The molecular formula is C13H31N3O3. The number of hydrogen-bond acceptors (Lipinski definition) is 5. The first-order chi connectivity index (χ1) is 9.09. The fourth-order valence-electron chi connectivity index (χ4n) is 1.14. The summed E-state index contributed by atoms with van der Waals surface area (Å²) < 4.78 is 0. The second kappa shape index (κ2) is 22.0. The molecular weight excluding hydrogens is 246 g/mol. The molecule has 0 aromatic heterocycles. The minimum absolute atomic E-state index is 0.0635. The maximum atomic E-state index is 11.1. The molecule has 0 aromatic rings. The number of unbranched alkanes of at least 4 members (excludes halogenated alkanes) is 2. The van der Waals surface area contributed by atoms with Crippen LogP contribution >= 0.6 is 0 Å². The van der Waals surface area contributed by atoms with Crippen LogP contribution in [0.2, 0.25) is 0 Å². The number of nitrogens with zero attached hydrogens (tertiary/aromatic N) is 2. The van der Waals surface area contributed by atoms with Crippen molar-refractivity contribution in [2.45, 2.75) is 53.4 Å². The zero-order valence-corrected chi connectivity index (χ0v) is 13.1. The quantitative estimate of drug-likeness (QED) is 0.440. The monoisotopic (exact) mass is 277 g/mol. The molecule has 0 bridgehead atoms. The molecule has 0 unspecified atom stereocenters. The number of carbonyl (C=O) groups is 1. The van der Waals surface area contributed by atoms with Crippen molar-refractivity contribution in [1.29, 1.82) is 0 Å². The average Bonchev–Trinajstić information content (AvgIpc) is 2.44. The van der Waals surface area contributed by atoms with Crippen LogP contribution in [0.5, 0.6) is 0 Å². The molecule has 0 aliphatic carbocycles. The smallest absolute Gasteiger partial charge is 0.236 e. The van der Waals surface area contributed by atoms with E-state index in [2.05, 4.69) is 25.6 Å². The molecule has 1 amide bonds. The largest absolute Gasteiger partial charge is 0.367 e. The highest BCUT2D eigenvalue weighted by Crippen LogP contribution is 1.97. The second-order valence-corrected chi connectivity index (χ2v) is 3.85. The first kappa shape index (κ1) is 23.0. The summed E-state index contributed by atoms with van der Waals surface area (Å²) >= 11 is 0. The Hall–Kier alpha value is -1.17. The lowest BCUT2D eigenvalue weighted by atomic mass is 10.2. The molecule has 0 aliphatic heterocycles. The van der Waals surface area contributed by atoms with Gasteiger partial charge in [-0.1, -0.05) is 40.0 Å². The van der Waals surface area contributed by atoms with Crippen molar-refractivity contribution in [1.82, 2.24) is 4.90 Å². The lowest BCUT2D eigenvalue weighted by Gasteiger charge is -2.19. The summed E-state index contributed by atoms with van der Waals surface area (Å²) in [5, 5.41) is 1.99. The summed E-state index contributed by atoms with van der Waals surface area (Å²) in [5.74, 6) is 0.0635. The van der Waals surface area contributed by atoms with Gasteiger partial charge >= 0.3 is 0 Å². The Morgan fingerprint density at radius 3 is 1.95 bits per heavy atom. The highest BCUT2D eigenvalue weighted by molar-refractivity contribution is 5.77. The summed E-state index contributed by atoms with van der Waals surface area (Å²) in [6.45, 7) is 10.2. The molecule has 19 heavy (non-hydrogen) atoms. The third kappa shape index (κ3) is 22.5. The number of rotatable bonds is 7. The highest BCUT2D eigenvalue weighted by atomic mass is 16.7. The molecule has 0 heterocycles. The van der Waals surface area contributed by atoms with Crippen LogP contribution < -0.4 is 5.73 Å². The first-order valence-electron chi connectivity index (χ1n) is 6.92. The van der Waals surface area contributed by atoms with E-state index in [-0.39, 0.29) is 12.5 Å². The third-order valence-electron chi connectivity index (χ3n) is 2.02. The lowest BCUT2D eigenvalue weighted by Crippen LogP contribution is -2.36. The van der Waals surface area contributed by atoms with Crippen molar-refractivity contribution in [3.05, 3.63) is 4.91 Å². The van der Waals surface area contributed by atoms with E-state index in [1.165, 1.54) is 26.4 Å². The molecule has 0 fully saturated rings. The molecule has 6 heteroatoms. The number of likely N-dealkylation sites (N-methyl/N-ethyl adjacent to an activating group) is 1. The molecule has 2 N–H and O–H groups in total. The minimum Gasteiger partial charge on any atom is -0.367 e. The zero-order chi connectivity index (χ0) is 15.5. The van der Waals surface area contributed by atoms with Crippen LogP contribution in [0.3, 0.4) is 0 Å². The van der Waals surface area contributed by atoms with Crippen molar-refractivity contribution >= 4 is 5.91 Å². The molecule has 0 aliphatic rings. The predicted octanol–water partition coefficient (Wildman–Crippen LogP) is 2.71. The number of hydrogen-bond donors (Lipinski definition) is 1. The van der Waals surface area contributed by atoms with Crippen LogP contribution in [0.1, 0.15) is 53.4 Å². The maximum absolute atomic E-state index is 11.1. The summed E-state index contributed by atoms with van der Waals surface area (Å²) in [6.07, 6.45) is 4.72. The zero-order valence-electron chi connectivity index (χ0n) is 13.1. The Bertz CT molecular complexity index is 190. The Balaban J connectivity index is -0.000000303. The van der Waals surface area contributed by atoms with Gasteiger partial charge in [-0.15, -0.1) is 4.91 Å². The summed E-state index contributed by atoms with van der Waals surface area (Å²) in [6, 6.07) is 0. The van der Waals surface area contributed by atoms with Gasteiger partial charge in [0.25, 0.3) is 0 Å². The Labute approximate surface area is 117 Å². The van der Waals surface area contributed by atoms with Gasteiger partial charge in [0, 0.05) is 13.1 Å². The fraction of sp³-hybridized carbons (Fsp3) is 0.923. The Morgan fingerprint density at radius 1 is 1.21 bits per heavy atom. The van der Waals surface area contributed by atoms with E-state index in [9.17, 15) is 4.79 Å². The van der Waals surface area contributed by atoms with Gasteiger partial charge in [0.2, 0.25) is 5.91 Å². The van der Waals surface area contributed by atoms with E-state index in [1.807, 2.05) is 17.2 Å². The van der Waals surface area contributed by atoms with Crippen LogP contribution in [0, 0.1) is 4.91 Å². The first-order valence-corrected chi connectivity index (χ1v) is 6.92. The van der Waals surface area contributed by atoms with Gasteiger partial charge in [-0.05, 0) is 13.3 Å². The van der Waals surface area contributed by atoms with E-state index in [4.69, 9.17) is 10.6 Å². The van der Waals surface area contributed by atoms with Crippen molar-refractivity contribution in [3.63, 3.8) is 0 Å². The molecule has 0 spiro atoms. The molecule has 0 saturated heterocycles.